The minimum Gasteiger partial charge on any atom is -0.450 e. The van der Waals surface area contributed by atoms with Crippen LogP contribution in [0.5, 0.6) is 11.5 Å². The van der Waals surface area contributed by atoms with Gasteiger partial charge in [-0.15, -0.1) is 0 Å². The van der Waals surface area contributed by atoms with Gasteiger partial charge < -0.3 is 10.1 Å². The summed E-state index contributed by atoms with van der Waals surface area (Å²) in [4.78, 5) is 8.91. The number of benzene rings is 2. The Hall–Kier alpha value is -2.55. The van der Waals surface area contributed by atoms with E-state index in [1.54, 1.807) is 24.3 Å². The molecule has 0 spiro atoms. The van der Waals surface area contributed by atoms with Gasteiger partial charge >= 0.3 is 0 Å². The standard InChI is InChI=1S/C19H12Cl2F2N4OS/c20-10-3-1-5-14(16(10)21)28-18-12(23)6-7-15-17(18)26-19(27-29-15)25-9-13-11(22)4-2-8-24-13/h1-8H,9H2,(H2,25,26,27). The maximum Gasteiger partial charge on any atom is 0.206 e. The number of rotatable bonds is 4. The number of hydrogen-bond acceptors (Lipinski definition) is 4. The summed E-state index contributed by atoms with van der Waals surface area (Å²) in [5.41, 5.74) is 0.561. The van der Waals surface area contributed by atoms with E-state index in [0.717, 1.165) is 0 Å². The van der Waals surface area contributed by atoms with Gasteiger partial charge in [0.05, 0.1) is 22.2 Å². The fourth-order valence-electron chi connectivity index (χ4n) is 2.52. The van der Waals surface area contributed by atoms with Crippen LogP contribution in [0.2, 0.25) is 10.0 Å². The van der Waals surface area contributed by atoms with E-state index in [1.165, 1.54) is 36.3 Å². The van der Waals surface area contributed by atoms with E-state index in [9.17, 15) is 8.78 Å². The second kappa shape index (κ2) is 8.44. The maximum absolute atomic E-state index is 14.6. The SMILES string of the molecule is Fc1cccnc1CN=C1NSc2ccc(F)c(Oc3cccc(Cl)c3Cl)c2N1. The van der Waals surface area contributed by atoms with E-state index in [0.29, 0.717) is 16.5 Å². The molecule has 3 aromatic rings. The summed E-state index contributed by atoms with van der Waals surface area (Å²) >= 11 is 13.4. The van der Waals surface area contributed by atoms with Crippen LogP contribution in [0.25, 0.3) is 0 Å². The van der Waals surface area contributed by atoms with Crippen molar-refractivity contribution in [3.05, 3.63) is 76.0 Å². The molecule has 0 aliphatic carbocycles. The van der Waals surface area contributed by atoms with Gasteiger partial charge in [0.2, 0.25) is 5.96 Å². The third-order valence-corrected chi connectivity index (χ3v) is 5.58. The van der Waals surface area contributed by atoms with Crippen molar-refractivity contribution in [3.63, 3.8) is 0 Å². The van der Waals surface area contributed by atoms with Gasteiger partial charge in [0, 0.05) is 6.20 Å². The van der Waals surface area contributed by atoms with E-state index >= 15 is 0 Å². The molecule has 29 heavy (non-hydrogen) atoms. The molecular weight excluding hydrogens is 441 g/mol. The van der Waals surface area contributed by atoms with Crippen LogP contribution in [0.1, 0.15) is 5.69 Å². The van der Waals surface area contributed by atoms with Crippen molar-refractivity contribution < 1.29 is 13.5 Å². The van der Waals surface area contributed by atoms with Crippen molar-refractivity contribution in [2.75, 3.05) is 5.32 Å². The van der Waals surface area contributed by atoms with Gasteiger partial charge in [-0.05, 0) is 48.3 Å². The van der Waals surface area contributed by atoms with Gasteiger partial charge in [-0.3, -0.25) is 9.71 Å². The minimum absolute atomic E-state index is 0.00350. The van der Waals surface area contributed by atoms with Crippen LogP contribution < -0.4 is 14.8 Å². The predicted octanol–water partition coefficient (Wildman–Crippen LogP) is 6.04. The lowest BCUT2D eigenvalue weighted by molar-refractivity contribution is 0.443. The maximum atomic E-state index is 14.6. The first kappa shape index (κ1) is 19.8. The van der Waals surface area contributed by atoms with Crippen LogP contribution in [0.3, 0.4) is 0 Å². The summed E-state index contributed by atoms with van der Waals surface area (Å²) < 4.78 is 37.0. The topological polar surface area (TPSA) is 58.5 Å². The van der Waals surface area contributed by atoms with Crippen molar-refractivity contribution in [1.29, 1.82) is 0 Å². The molecule has 148 valence electrons. The Balaban J connectivity index is 1.63. The molecule has 0 saturated heterocycles. The largest absolute Gasteiger partial charge is 0.450 e. The molecule has 1 aliphatic rings. The molecular formula is C19H12Cl2F2N4OS. The lowest BCUT2D eigenvalue weighted by Crippen LogP contribution is -2.30. The van der Waals surface area contributed by atoms with E-state index in [-0.39, 0.29) is 33.8 Å². The molecule has 0 saturated carbocycles. The van der Waals surface area contributed by atoms with E-state index in [2.05, 4.69) is 20.0 Å². The van der Waals surface area contributed by atoms with Crippen LogP contribution in [-0.2, 0) is 6.54 Å². The number of aliphatic imine (C=N–C) groups is 1. The summed E-state index contributed by atoms with van der Waals surface area (Å²) in [6.45, 7) is 0.00350. The van der Waals surface area contributed by atoms with Crippen molar-refractivity contribution in [2.24, 2.45) is 4.99 Å². The van der Waals surface area contributed by atoms with Gasteiger partial charge in [-0.1, -0.05) is 29.3 Å². The number of aromatic nitrogens is 1. The molecule has 2 aromatic carbocycles. The molecule has 0 radical (unpaired) electrons. The number of anilines is 1. The fraction of sp³-hybridized carbons (Fsp3) is 0.0526. The number of guanidine groups is 1. The highest BCUT2D eigenvalue weighted by Crippen LogP contribution is 2.43. The first-order valence-electron chi connectivity index (χ1n) is 8.31. The number of nitrogens with zero attached hydrogens (tertiary/aromatic N) is 2. The third-order valence-electron chi connectivity index (χ3n) is 3.92. The van der Waals surface area contributed by atoms with E-state index in [1.807, 2.05) is 0 Å². The molecule has 0 unspecified atom stereocenters. The molecule has 0 amide bonds. The molecule has 2 heterocycles. The molecule has 0 atom stereocenters. The first-order valence-corrected chi connectivity index (χ1v) is 9.88. The van der Waals surface area contributed by atoms with Gasteiger partial charge in [0.1, 0.15) is 22.3 Å². The molecule has 5 nitrogen and oxygen atoms in total. The molecule has 10 heteroatoms. The number of pyridine rings is 1. The van der Waals surface area contributed by atoms with Crippen molar-refractivity contribution >= 4 is 46.8 Å². The minimum atomic E-state index is -0.593. The average Bonchev–Trinajstić information content (AvgIpc) is 2.72. The Labute approximate surface area is 179 Å². The lowest BCUT2D eigenvalue weighted by atomic mass is 10.2. The number of halogens is 4. The van der Waals surface area contributed by atoms with Gasteiger partial charge in [-0.2, -0.15) is 0 Å². The summed E-state index contributed by atoms with van der Waals surface area (Å²) in [5.74, 6) is -0.584. The zero-order valence-corrected chi connectivity index (χ0v) is 16.9. The van der Waals surface area contributed by atoms with Crippen molar-refractivity contribution in [1.82, 2.24) is 9.71 Å². The van der Waals surface area contributed by atoms with Crippen LogP contribution >= 0.6 is 35.1 Å². The zero-order valence-electron chi connectivity index (χ0n) is 14.5. The molecule has 1 aromatic heterocycles. The van der Waals surface area contributed by atoms with Crippen LogP contribution in [-0.4, -0.2) is 10.9 Å². The smallest absolute Gasteiger partial charge is 0.206 e. The zero-order chi connectivity index (χ0) is 20.4. The summed E-state index contributed by atoms with van der Waals surface area (Å²) in [6, 6.07) is 10.5. The molecule has 0 bridgehead atoms. The molecule has 0 fully saturated rings. The number of ether oxygens (including phenoxy) is 1. The van der Waals surface area contributed by atoms with Gasteiger partial charge in [-0.25, -0.2) is 13.8 Å². The lowest BCUT2D eigenvalue weighted by Gasteiger charge is -2.23. The first-order chi connectivity index (χ1) is 14.0. The van der Waals surface area contributed by atoms with Crippen molar-refractivity contribution in [2.45, 2.75) is 11.4 Å². The Morgan fingerprint density at radius 1 is 1.07 bits per heavy atom. The van der Waals surface area contributed by atoms with Crippen LogP contribution in [0, 0.1) is 11.6 Å². The van der Waals surface area contributed by atoms with Gasteiger partial charge in [0.15, 0.2) is 11.6 Å². The summed E-state index contributed by atoms with van der Waals surface area (Å²) in [5, 5.41) is 3.44. The number of hydrogen-bond donors (Lipinski definition) is 2. The highest BCUT2D eigenvalue weighted by atomic mass is 35.5. The predicted molar refractivity (Wildman–Crippen MR) is 111 cm³/mol. The average molecular weight is 453 g/mol. The monoisotopic (exact) mass is 452 g/mol. The normalized spacial score (nSPS) is 14.1. The second-order valence-electron chi connectivity index (χ2n) is 5.83. The Bertz CT molecular complexity index is 1110. The summed E-state index contributed by atoms with van der Waals surface area (Å²) in [6.07, 6.45) is 1.49. The van der Waals surface area contributed by atoms with E-state index < -0.39 is 11.6 Å². The molecule has 2 N–H and O–H groups in total. The van der Waals surface area contributed by atoms with Crippen molar-refractivity contribution in [3.8, 4) is 11.5 Å². The molecule has 1 aliphatic heterocycles. The highest BCUT2D eigenvalue weighted by Gasteiger charge is 2.23. The fourth-order valence-corrected chi connectivity index (χ4v) is 3.56. The Morgan fingerprint density at radius 3 is 2.76 bits per heavy atom. The highest BCUT2D eigenvalue weighted by molar-refractivity contribution is 7.98. The van der Waals surface area contributed by atoms with Crippen LogP contribution in [0.15, 0.2) is 58.5 Å². The van der Waals surface area contributed by atoms with Crippen LogP contribution in [0.4, 0.5) is 14.5 Å². The number of nitrogens with one attached hydrogen (secondary N) is 2. The third kappa shape index (κ3) is 4.24. The number of fused-ring (bicyclic) bond motifs is 1. The quantitative estimate of drug-likeness (QED) is 0.472. The Kier molecular flexibility index (Phi) is 5.75. The Morgan fingerprint density at radius 2 is 1.93 bits per heavy atom. The summed E-state index contributed by atoms with van der Waals surface area (Å²) in [7, 11) is 0. The second-order valence-corrected chi connectivity index (χ2v) is 7.46. The van der Waals surface area contributed by atoms with Gasteiger partial charge in [0.25, 0.3) is 0 Å². The molecule has 4 rings (SSSR count). The van der Waals surface area contributed by atoms with E-state index in [4.69, 9.17) is 27.9 Å².